The third-order valence-corrected chi connectivity index (χ3v) is 4.92. The monoisotopic (exact) mass is 372 g/mol. The maximum absolute atomic E-state index is 12.9. The van der Waals surface area contributed by atoms with Gasteiger partial charge in [-0.1, -0.05) is 37.2 Å². The molecule has 136 valence electrons. The fourth-order valence-electron chi connectivity index (χ4n) is 2.79. The van der Waals surface area contributed by atoms with Crippen molar-refractivity contribution in [1.82, 2.24) is 9.97 Å². The number of aromatic nitrogens is 2. The molecule has 3 rings (SSSR count). The van der Waals surface area contributed by atoms with E-state index in [0.29, 0.717) is 28.6 Å². The zero-order valence-corrected chi connectivity index (χ0v) is 15.4. The number of aryl methyl sites for hydroxylation is 1. The highest BCUT2D eigenvalue weighted by atomic mass is 32.2. The van der Waals surface area contributed by atoms with E-state index in [4.69, 9.17) is 0 Å². The van der Waals surface area contributed by atoms with E-state index in [0.717, 1.165) is 6.42 Å². The van der Waals surface area contributed by atoms with Crippen LogP contribution in [0.1, 0.15) is 26.0 Å². The fraction of sp³-hybridized carbons (Fsp3) is 0.333. The zero-order chi connectivity index (χ0) is 18.7. The van der Waals surface area contributed by atoms with Crippen molar-refractivity contribution in [2.45, 2.75) is 37.1 Å². The van der Waals surface area contributed by atoms with Crippen LogP contribution < -0.4 is 15.8 Å². The molecule has 0 spiro atoms. The van der Waals surface area contributed by atoms with Gasteiger partial charge in [-0.2, -0.15) is 0 Å². The average molecular weight is 372 g/mol. The second-order valence-corrected chi connectivity index (χ2v) is 7.37. The lowest BCUT2D eigenvalue weighted by atomic mass is 10.2. The zero-order valence-electron chi connectivity index (χ0n) is 14.6. The van der Waals surface area contributed by atoms with Crippen LogP contribution in [-0.4, -0.2) is 33.6 Å². The summed E-state index contributed by atoms with van der Waals surface area (Å²) < 4.78 is 0. The van der Waals surface area contributed by atoms with Gasteiger partial charge in [-0.15, -0.1) is 0 Å². The first kappa shape index (κ1) is 18.2. The summed E-state index contributed by atoms with van der Waals surface area (Å²) >= 11 is 1.19. The Morgan fingerprint density at radius 3 is 2.88 bits per heavy atom. The Kier molecular flexibility index (Phi) is 5.41. The maximum Gasteiger partial charge on any atom is 0.251 e. The molecule has 1 aliphatic rings. The van der Waals surface area contributed by atoms with Crippen molar-refractivity contribution in [3.63, 3.8) is 0 Å². The first-order valence-corrected chi connectivity index (χ1v) is 9.33. The number of anilines is 2. The van der Waals surface area contributed by atoms with Gasteiger partial charge in [-0.05, 0) is 25.5 Å². The predicted molar refractivity (Wildman–Crippen MR) is 102 cm³/mol. The van der Waals surface area contributed by atoms with Crippen molar-refractivity contribution >= 4 is 35.0 Å². The number of benzene rings is 1. The van der Waals surface area contributed by atoms with Crippen LogP contribution in [0.15, 0.2) is 40.3 Å². The second kappa shape index (κ2) is 7.74. The van der Waals surface area contributed by atoms with Gasteiger partial charge in [0.1, 0.15) is 6.54 Å². The van der Waals surface area contributed by atoms with Crippen LogP contribution in [0.3, 0.4) is 0 Å². The summed E-state index contributed by atoms with van der Waals surface area (Å²) in [4.78, 5) is 45.2. The van der Waals surface area contributed by atoms with E-state index in [1.165, 1.54) is 22.7 Å². The Labute approximate surface area is 155 Å². The van der Waals surface area contributed by atoms with Gasteiger partial charge in [0.05, 0.1) is 16.6 Å². The molecule has 2 N–H and O–H groups in total. The molecule has 0 aliphatic carbocycles. The van der Waals surface area contributed by atoms with E-state index < -0.39 is 5.25 Å². The maximum atomic E-state index is 12.9. The number of carbonyl (C=O) groups excluding carboxylic acids is 2. The minimum atomic E-state index is -0.506. The summed E-state index contributed by atoms with van der Waals surface area (Å²) in [7, 11) is 0. The normalized spacial score (nSPS) is 14.5. The molecule has 0 radical (unpaired) electrons. The molecule has 0 unspecified atom stereocenters. The molecule has 7 nitrogen and oxygen atoms in total. The smallest absolute Gasteiger partial charge is 0.251 e. The Hall–Kier alpha value is -2.61. The molecular weight excluding hydrogens is 352 g/mol. The van der Waals surface area contributed by atoms with Crippen molar-refractivity contribution in [2.75, 3.05) is 16.8 Å². The number of nitrogens with one attached hydrogen (secondary N) is 2. The molecule has 1 aromatic heterocycles. The van der Waals surface area contributed by atoms with Crippen molar-refractivity contribution in [3.8, 4) is 0 Å². The van der Waals surface area contributed by atoms with Gasteiger partial charge < -0.3 is 10.3 Å². The SMILES string of the molecule is CCCc1cc(=O)[nH]c(S[C@@H](C)C(=O)N2CC(=O)Nc3ccccc32)n1. The van der Waals surface area contributed by atoms with Crippen LogP contribution in [0.5, 0.6) is 0 Å². The molecule has 0 saturated heterocycles. The van der Waals surface area contributed by atoms with Gasteiger partial charge in [-0.25, -0.2) is 4.98 Å². The summed E-state index contributed by atoms with van der Waals surface area (Å²) in [6, 6.07) is 8.66. The van der Waals surface area contributed by atoms with Crippen LogP contribution in [-0.2, 0) is 16.0 Å². The van der Waals surface area contributed by atoms with Gasteiger partial charge in [-0.3, -0.25) is 19.3 Å². The van der Waals surface area contributed by atoms with Gasteiger partial charge in [0.15, 0.2) is 5.16 Å². The number of rotatable bonds is 5. The number of nitrogens with zero attached hydrogens (tertiary/aromatic N) is 2. The van der Waals surface area contributed by atoms with Crippen LogP contribution >= 0.6 is 11.8 Å². The summed E-state index contributed by atoms with van der Waals surface area (Å²) in [5, 5.41) is 2.67. The van der Waals surface area contributed by atoms with Crippen molar-refractivity contribution in [3.05, 3.63) is 46.4 Å². The molecule has 0 fully saturated rings. The molecule has 26 heavy (non-hydrogen) atoms. The summed E-state index contributed by atoms with van der Waals surface area (Å²) in [5.41, 5.74) is 1.77. The minimum absolute atomic E-state index is 0.0272. The summed E-state index contributed by atoms with van der Waals surface area (Å²) in [5.74, 6) is -0.438. The Morgan fingerprint density at radius 2 is 2.12 bits per heavy atom. The van der Waals surface area contributed by atoms with Crippen LogP contribution in [0, 0.1) is 0 Å². The largest absolute Gasteiger partial charge is 0.323 e. The number of carbonyl (C=O) groups is 2. The first-order valence-electron chi connectivity index (χ1n) is 8.45. The van der Waals surface area contributed by atoms with E-state index in [2.05, 4.69) is 15.3 Å². The molecule has 2 aromatic rings. The van der Waals surface area contributed by atoms with Crippen molar-refractivity contribution < 1.29 is 9.59 Å². The first-order chi connectivity index (χ1) is 12.5. The highest BCUT2D eigenvalue weighted by molar-refractivity contribution is 8.00. The van der Waals surface area contributed by atoms with E-state index in [1.54, 1.807) is 25.1 Å². The number of H-pyrrole nitrogens is 1. The molecule has 0 saturated carbocycles. The topological polar surface area (TPSA) is 95.2 Å². The number of amides is 2. The highest BCUT2D eigenvalue weighted by Gasteiger charge is 2.30. The highest BCUT2D eigenvalue weighted by Crippen LogP contribution is 2.31. The number of hydrogen-bond donors (Lipinski definition) is 2. The van der Waals surface area contributed by atoms with E-state index in [9.17, 15) is 14.4 Å². The number of thioether (sulfide) groups is 1. The molecule has 8 heteroatoms. The predicted octanol–water partition coefficient (Wildman–Crippen LogP) is 2.19. The average Bonchev–Trinajstić information content (AvgIpc) is 2.60. The van der Waals surface area contributed by atoms with Crippen molar-refractivity contribution in [1.29, 1.82) is 0 Å². The quantitative estimate of drug-likeness (QED) is 0.620. The Bertz CT molecular complexity index is 896. The molecular formula is C18H20N4O3S. The Morgan fingerprint density at radius 1 is 1.35 bits per heavy atom. The lowest BCUT2D eigenvalue weighted by Gasteiger charge is -2.30. The minimum Gasteiger partial charge on any atom is -0.323 e. The van der Waals surface area contributed by atoms with Crippen LogP contribution in [0.2, 0.25) is 0 Å². The van der Waals surface area contributed by atoms with Gasteiger partial charge in [0, 0.05) is 11.8 Å². The van der Waals surface area contributed by atoms with E-state index >= 15 is 0 Å². The third-order valence-electron chi connectivity index (χ3n) is 3.95. The number of aromatic amines is 1. The van der Waals surface area contributed by atoms with Crippen LogP contribution in [0.4, 0.5) is 11.4 Å². The van der Waals surface area contributed by atoms with Crippen molar-refractivity contribution in [2.24, 2.45) is 0 Å². The number of para-hydroxylation sites is 2. The molecule has 1 aromatic carbocycles. The molecule has 2 heterocycles. The summed E-state index contributed by atoms with van der Waals surface area (Å²) in [6.45, 7) is 3.73. The number of fused-ring (bicyclic) bond motifs is 1. The second-order valence-electron chi connectivity index (χ2n) is 6.04. The van der Waals surface area contributed by atoms with E-state index in [-0.39, 0.29) is 23.9 Å². The van der Waals surface area contributed by atoms with E-state index in [1.807, 2.05) is 13.0 Å². The van der Waals surface area contributed by atoms with Gasteiger partial charge in [0.25, 0.3) is 5.56 Å². The fourth-order valence-corrected chi connectivity index (χ4v) is 3.68. The van der Waals surface area contributed by atoms with Crippen LogP contribution in [0.25, 0.3) is 0 Å². The Balaban J connectivity index is 1.80. The lowest BCUT2D eigenvalue weighted by Crippen LogP contribution is -2.45. The molecule has 2 amide bonds. The number of hydrogen-bond acceptors (Lipinski definition) is 5. The van der Waals surface area contributed by atoms with Gasteiger partial charge >= 0.3 is 0 Å². The molecule has 0 bridgehead atoms. The summed E-state index contributed by atoms with van der Waals surface area (Å²) in [6.07, 6.45) is 1.59. The standard InChI is InChI=1S/C18H20N4O3S/c1-3-6-12-9-15(23)21-18(19-12)26-11(2)17(25)22-10-16(24)20-13-7-4-5-8-14(13)22/h4-5,7-9,11H,3,6,10H2,1-2H3,(H,20,24)(H,19,21,23)/t11-/m0/s1. The van der Waals surface area contributed by atoms with Gasteiger partial charge in [0.2, 0.25) is 11.8 Å². The molecule has 1 aliphatic heterocycles. The third kappa shape index (κ3) is 3.96. The molecule has 1 atom stereocenters. The lowest BCUT2D eigenvalue weighted by molar-refractivity contribution is -0.121.